The minimum atomic E-state index is -1.30. The molecule has 9 nitrogen and oxygen atoms in total. The first-order chi connectivity index (χ1) is 20.4. The molecule has 0 radical (unpaired) electrons. The van der Waals surface area contributed by atoms with Gasteiger partial charge in [0.1, 0.15) is 6.17 Å². The van der Waals surface area contributed by atoms with Crippen molar-refractivity contribution < 1.29 is 18.7 Å². The summed E-state index contributed by atoms with van der Waals surface area (Å²) in [6.45, 7) is 7.91. The van der Waals surface area contributed by atoms with Crippen LogP contribution in [0.2, 0.25) is 0 Å². The normalized spacial score (nSPS) is 37.5. The molecule has 4 fully saturated rings. The molecule has 1 aromatic carbocycles. The van der Waals surface area contributed by atoms with Crippen molar-refractivity contribution in [2.24, 2.45) is 11.3 Å². The second kappa shape index (κ2) is 12.4. The maximum absolute atomic E-state index is 16.4. The highest BCUT2D eigenvalue weighted by Gasteiger charge is 2.59. The van der Waals surface area contributed by atoms with Gasteiger partial charge in [-0.05, 0) is 76.4 Å². The van der Waals surface area contributed by atoms with E-state index in [4.69, 9.17) is 4.74 Å². The molecule has 10 heteroatoms. The van der Waals surface area contributed by atoms with Gasteiger partial charge >= 0.3 is 0 Å². The van der Waals surface area contributed by atoms with Gasteiger partial charge in [0, 0.05) is 38.1 Å². The molecule has 3 saturated heterocycles. The van der Waals surface area contributed by atoms with E-state index in [1.165, 1.54) is 6.08 Å². The molecule has 1 amide bonds. The summed E-state index contributed by atoms with van der Waals surface area (Å²) in [6, 6.07) is 7.50. The predicted molar refractivity (Wildman–Crippen MR) is 159 cm³/mol. The average Bonchev–Trinajstić information content (AvgIpc) is 3.43. The zero-order valence-corrected chi connectivity index (χ0v) is 25.1. The van der Waals surface area contributed by atoms with Crippen molar-refractivity contribution in [2.45, 2.75) is 75.3 Å². The van der Waals surface area contributed by atoms with Gasteiger partial charge in [0.2, 0.25) is 5.91 Å². The van der Waals surface area contributed by atoms with Gasteiger partial charge in [-0.1, -0.05) is 30.8 Å². The molecule has 1 spiro atoms. The number of nitrogens with one attached hydrogen (secondary N) is 3. The fraction of sp³-hybridized carbons (Fsp3) is 0.688. The Kier molecular flexibility index (Phi) is 8.82. The summed E-state index contributed by atoms with van der Waals surface area (Å²) in [5.74, 6) is -0.0984. The summed E-state index contributed by atoms with van der Waals surface area (Å²) in [5, 5.41) is 10.5. The minimum absolute atomic E-state index is 0.00826. The SMILES string of the molecule is C=CC(=O)N1CCN(C2NC(OCC3CCCN3C)NC3C(=O)C4(CCc5ccccc5C4F)CCC32)CC1CNC. The standard InChI is InChI=1S/C32H47FN6O3/c1-4-26(40)39-17-16-38(19-23(39)18-34-2)30-25-12-14-32(13-11-21-8-5-6-10-24(21)28(32)33)29(41)27(25)35-31(36-30)42-20-22-9-7-15-37(22)3/h4-6,8,10,22-23,25,27-28,30-31,34-36H,1,7,9,11-20H2,2-3H3. The van der Waals surface area contributed by atoms with E-state index in [1.54, 1.807) is 0 Å². The van der Waals surface area contributed by atoms with E-state index >= 15 is 4.39 Å². The third-order valence-corrected chi connectivity index (χ3v) is 10.8. The first kappa shape index (κ1) is 29.8. The average molecular weight is 583 g/mol. The highest BCUT2D eigenvalue weighted by atomic mass is 19.1. The summed E-state index contributed by atoms with van der Waals surface area (Å²) >= 11 is 0. The number of benzene rings is 1. The number of piperazine rings is 1. The predicted octanol–water partition coefficient (Wildman–Crippen LogP) is 1.81. The molecule has 3 N–H and O–H groups in total. The Labute approximate surface area is 249 Å². The Bertz CT molecular complexity index is 1170. The highest BCUT2D eigenvalue weighted by molar-refractivity contribution is 5.92. The smallest absolute Gasteiger partial charge is 0.246 e. The van der Waals surface area contributed by atoms with Crippen molar-refractivity contribution in [3.05, 3.63) is 48.0 Å². The van der Waals surface area contributed by atoms with Gasteiger partial charge in [0.05, 0.1) is 30.3 Å². The number of hydrogen-bond acceptors (Lipinski definition) is 8. The van der Waals surface area contributed by atoms with Crippen LogP contribution in [0, 0.1) is 11.3 Å². The number of alkyl halides is 1. The number of amides is 1. The van der Waals surface area contributed by atoms with Crippen molar-refractivity contribution in [3.63, 3.8) is 0 Å². The molecule has 3 aliphatic heterocycles. The molecule has 2 aliphatic carbocycles. The lowest BCUT2D eigenvalue weighted by molar-refractivity contribution is -0.159. The molecule has 230 valence electrons. The molecule has 8 atom stereocenters. The maximum Gasteiger partial charge on any atom is 0.246 e. The van der Waals surface area contributed by atoms with Crippen molar-refractivity contribution in [1.29, 1.82) is 0 Å². The zero-order chi connectivity index (χ0) is 29.4. The van der Waals surface area contributed by atoms with Crippen LogP contribution in [0.1, 0.15) is 49.4 Å². The van der Waals surface area contributed by atoms with Gasteiger partial charge in [-0.3, -0.25) is 25.1 Å². The zero-order valence-electron chi connectivity index (χ0n) is 25.1. The molecule has 0 bridgehead atoms. The number of carbonyl (C=O) groups is 2. The Morgan fingerprint density at radius 3 is 2.79 bits per heavy atom. The Morgan fingerprint density at radius 2 is 2.02 bits per heavy atom. The summed E-state index contributed by atoms with van der Waals surface area (Å²) in [6.07, 6.45) is 4.23. The fourth-order valence-electron chi connectivity index (χ4n) is 8.36. The first-order valence-electron chi connectivity index (χ1n) is 15.8. The number of carbonyl (C=O) groups excluding carboxylic acids is 2. The van der Waals surface area contributed by atoms with Crippen LogP contribution in [0.3, 0.4) is 0 Å². The van der Waals surface area contributed by atoms with Gasteiger partial charge in [-0.15, -0.1) is 0 Å². The molecule has 5 aliphatic rings. The van der Waals surface area contributed by atoms with E-state index < -0.39 is 24.0 Å². The molecule has 8 unspecified atom stereocenters. The van der Waals surface area contributed by atoms with Gasteiger partial charge in [-0.25, -0.2) is 4.39 Å². The van der Waals surface area contributed by atoms with Crippen molar-refractivity contribution >= 4 is 11.7 Å². The second-order valence-electron chi connectivity index (χ2n) is 13.0. The van der Waals surface area contributed by atoms with Gasteiger partial charge in [0.25, 0.3) is 0 Å². The monoisotopic (exact) mass is 582 g/mol. The molecule has 1 saturated carbocycles. The number of likely N-dealkylation sites (tertiary alicyclic amines) is 1. The topological polar surface area (TPSA) is 89.2 Å². The number of nitrogens with zero attached hydrogens (tertiary/aromatic N) is 3. The van der Waals surface area contributed by atoms with Crippen LogP contribution in [0.5, 0.6) is 0 Å². The van der Waals surface area contributed by atoms with E-state index in [-0.39, 0.29) is 29.8 Å². The van der Waals surface area contributed by atoms with Crippen LogP contribution in [0.25, 0.3) is 0 Å². The lowest BCUT2D eigenvalue weighted by Crippen LogP contribution is -2.75. The highest BCUT2D eigenvalue weighted by Crippen LogP contribution is 2.54. The van der Waals surface area contributed by atoms with Gasteiger partial charge in [-0.2, -0.15) is 0 Å². The number of ether oxygens (including phenoxy) is 1. The number of Topliss-reactive ketones (excluding diaryl/α,β-unsaturated/α-hetero) is 1. The van der Waals surface area contributed by atoms with Crippen molar-refractivity contribution in [1.82, 2.24) is 30.7 Å². The first-order valence-corrected chi connectivity index (χ1v) is 15.8. The summed E-state index contributed by atoms with van der Waals surface area (Å²) in [7, 11) is 4.03. The number of ketones is 1. The van der Waals surface area contributed by atoms with Crippen LogP contribution in [-0.2, 0) is 20.7 Å². The molecule has 3 heterocycles. The Morgan fingerprint density at radius 1 is 1.19 bits per heavy atom. The summed E-state index contributed by atoms with van der Waals surface area (Å²) < 4.78 is 22.8. The second-order valence-corrected chi connectivity index (χ2v) is 13.0. The third-order valence-electron chi connectivity index (χ3n) is 10.8. The number of hydrogen-bond donors (Lipinski definition) is 3. The number of likely N-dealkylation sites (N-methyl/N-ethyl adjacent to an activating group) is 2. The third kappa shape index (κ3) is 5.35. The largest absolute Gasteiger partial charge is 0.348 e. The number of fused-ring (bicyclic) bond motifs is 2. The van der Waals surface area contributed by atoms with Crippen LogP contribution in [0.4, 0.5) is 4.39 Å². The summed E-state index contributed by atoms with van der Waals surface area (Å²) in [4.78, 5) is 33.7. The number of aryl methyl sites for hydroxylation is 1. The fourth-order valence-corrected chi connectivity index (χ4v) is 8.36. The molecule has 42 heavy (non-hydrogen) atoms. The van der Waals surface area contributed by atoms with Crippen molar-refractivity contribution in [3.8, 4) is 0 Å². The molecule has 6 rings (SSSR count). The van der Waals surface area contributed by atoms with Crippen LogP contribution >= 0.6 is 0 Å². The van der Waals surface area contributed by atoms with Crippen LogP contribution < -0.4 is 16.0 Å². The molecule has 0 aromatic heterocycles. The quantitative estimate of drug-likeness (QED) is 0.420. The van der Waals surface area contributed by atoms with Gasteiger partial charge < -0.3 is 19.9 Å². The van der Waals surface area contributed by atoms with E-state index in [0.717, 1.165) is 37.8 Å². The maximum atomic E-state index is 16.4. The number of rotatable bonds is 7. The van der Waals surface area contributed by atoms with E-state index in [0.29, 0.717) is 57.2 Å². The van der Waals surface area contributed by atoms with E-state index in [9.17, 15) is 9.59 Å². The summed E-state index contributed by atoms with van der Waals surface area (Å²) in [5.41, 5.74) is 0.687. The van der Waals surface area contributed by atoms with Gasteiger partial charge in [0.15, 0.2) is 12.1 Å². The Balaban J connectivity index is 1.26. The minimum Gasteiger partial charge on any atom is -0.348 e. The molecular formula is C32H47FN6O3. The lowest BCUT2D eigenvalue weighted by atomic mass is 9.58. The molecule has 1 aromatic rings. The van der Waals surface area contributed by atoms with Crippen LogP contribution in [0.15, 0.2) is 36.9 Å². The van der Waals surface area contributed by atoms with Crippen molar-refractivity contribution in [2.75, 3.05) is 53.4 Å². The van der Waals surface area contributed by atoms with E-state index in [1.807, 2.05) is 36.2 Å². The molecular weight excluding hydrogens is 535 g/mol. The number of halogens is 1. The lowest BCUT2D eigenvalue weighted by Gasteiger charge is -2.55. The van der Waals surface area contributed by atoms with E-state index in [2.05, 4.69) is 39.4 Å². The van der Waals surface area contributed by atoms with Crippen LogP contribution in [-0.4, -0.2) is 110 Å². The Hall–Kier alpha value is -2.21.